The SMILES string of the molecule is C=C[C@@H]1C[C@]1(NC(=O)[C@@H]1C[C@@H](Oc2cc(-c3ccccc3)nc3cc(OC)ccc23)CN1C(=O)[C@H](CN(C)C(=O)CCl)N(C(=O)O)C(C)(C)C)C(=O)NS(=O)(=O)c1ccccc1. The second-order valence-corrected chi connectivity index (χ2v) is 18.2. The zero-order chi connectivity index (χ0) is 45.1. The fourth-order valence-electron chi connectivity index (χ4n) is 7.73. The van der Waals surface area contributed by atoms with Gasteiger partial charge in [-0.15, -0.1) is 18.2 Å². The summed E-state index contributed by atoms with van der Waals surface area (Å²) in [7, 11) is -1.43. The van der Waals surface area contributed by atoms with Crippen LogP contribution in [0.5, 0.6) is 11.5 Å². The van der Waals surface area contributed by atoms with Crippen LogP contribution < -0.4 is 19.5 Å². The second kappa shape index (κ2) is 18.0. The number of amides is 5. The molecule has 2 heterocycles. The van der Waals surface area contributed by atoms with Crippen LogP contribution in [-0.4, -0.2) is 125 Å². The number of nitrogens with zero attached hydrogens (tertiary/aromatic N) is 4. The summed E-state index contributed by atoms with van der Waals surface area (Å²) in [6.07, 6.45) is -1.04. The molecule has 5 amide bonds. The van der Waals surface area contributed by atoms with Crippen molar-refractivity contribution in [2.45, 2.75) is 67.8 Å². The fraction of sp³-hybridized carbons (Fsp3) is 0.364. The van der Waals surface area contributed by atoms with Crippen LogP contribution in [0.25, 0.3) is 22.2 Å². The number of carbonyl (C=O) groups excluding carboxylic acids is 4. The molecule has 0 bridgehead atoms. The lowest BCUT2D eigenvalue weighted by molar-refractivity contribution is -0.145. The highest BCUT2D eigenvalue weighted by atomic mass is 35.5. The van der Waals surface area contributed by atoms with E-state index in [4.69, 9.17) is 26.1 Å². The van der Waals surface area contributed by atoms with Crippen LogP contribution in [0.4, 0.5) is 4.79 Å². The van der Waals surface area contributed by atoms with Crippen molar-refractivity contribution in [3.8, 4) is 22.8 Å². The van der Waals surface area contributed by atoms with E-state index in [9.17, 15) is 32.7 Å². The Labute approximate surface area is 364 Å². The third-order valence-corrected chi connectivity index (χ3v) is 12.6. The molecule has 0 radical (unpaired) electrons. The number of alkyl halides is 1. The zero-order valence-corrected chi connectivity index (χ0v) is 36.5. The Bertz CT molecular complexity index is 2490. The van der Waals surface area contributed by atoms with Crippen LogP contribution in [0.2, 0.25) is 0 Å². The number of ether oxygens (including phenoxy) is 2. The monoisotopic (exact) mass is 888 g/mol. The summed E-state index contributed by atoms with van der Waals surface area (Å²) in [5, 5.41) is 13.9. The summed E-state index contributed by atoms with van der Waals surface area (Å²) in [5.74, 6) is -3.40. The molecule has 3 aromatic carbocycles. The van der Waals surface area contributed by atoms with Gasteiger partial charge in [-0.25, -0.2) is 22.9 Å². The average Bonchev–Trinajstić information content (AvgIpc) is 3.81. The van der Waals surface area contributed by atoms with Crippen molar-refractivity contribution in [3.63, 3.8) is 0 Å². The highest BCUT2D eigenvalue weighted by Crippen LogP contribution is 2.45. The third kappa shape index (κ3) is 9.48. The maximum atomic E-state index is 15.0. The van der Waals surface area contributed by atoms with Crippen molar-refractivity contribution in [3.05, 3.63) is 97.6 Å². The highest BCUT2D eigenvalue weighted by Gasteiger charge is 2.61. The van der Waals surface area contributed by atoms with Crippen LogP contribution >= 0.6 is 11.6 Å². The molecule has 6 rings (SSSR count). The predicted octanol–water partition coefficient (Wildman–Crippen LogP) is 4.67. The van der Waals surface area contributed by atoms with E-state index in [1.807, 2.05) is 30.3 Å². The first-order valence-electron chi connectivity index (χ1n) is 19.7. The molecule has 5 atom stereocenters. The van der Waals surface area contributed by atoms with Gasteiger partial charge in [0.15, 0.2) is 0 Å². The number of hydrogen-bond donors (Lipinski definition) is 3. The molecule has 1 saturated heterocycles. The summed E-state index contributed by atoms with van der Waals surface area (Å²) in [5.41, 5.74) is -1.02. The number of likely N-dealkylation sites (N-methyl/N-ethyl adjacent to an activating group) is 1. The largest absolute Gasteiger partial charge is 0.497 e. The number of carboxylic acid groups (broad SMARTS) is 1. The highest BCUT2D eigenvalue weighted by molar-refractivity contribution is 7.90. The molecule has 3 N–H and O–H groups in total. The second-order valence-electron chi connectivity index (χ2n) is 16.2. The zero-order valence-electron chi connectivity index (χ0n) is 34.9. The lowest BCUT2D eigenvalue weighted by Gasteiger charge is -2.42. The van der Waals surface area contributed by atoms with E-state index in [0.29, 0.717) is 28.1 Å². The maximum Gasteiger partial charge on any atom is 0.408 e. The minimum absolute atomic E-state index is 0.0124. The van der Waals surface area contributed by atoms with Crippen molar-refractivity contribution >= 4 is 62.2 Å². The Hall–Kier alpha value is -6.20. The lowest BCUT2D eigenvalue weighted by Crippen LogP contribution is -2.63. The van der Waals surface area contributed by atoms with Gasteiger partial charge in [-0.05, 0) is 51.5 Å². The van der Waals surface area contributed by atoms with Gasteiger partial charge in [-0.2, -0.15) is 0 Å². The number of nitrogens with one attached hydrogen (secondary N) is 2. The van der Waals surface area contributed by atoms with Gasteiger partial charge in [0.1, 0.15) is 41.1 Å². The summed E-state index contributed by atoms with van der Waals surface area (Å²) >= 11 is 5.86. The molecule has 2 aliphatic rings. The van der Waals surface area contributed by atoms with Gasteiger partial charge in [0.2, 0.25) is 17.7 Å². The van der Waals surface area contributed by atoms with Crippen molar-refractivity contribution < 1.29 is 47.0 Å². The third-order valence-electron chi connectivity index (χ3n) is 11.0. The molecule has 16 nitrogen and oxygen atoms in total. The average molecular weight is 889 g/mol. The first-order valence-corrected chi connectivity index (χ1v) is 21.8. The van der Waals surface area contributed by atoms with Gasteiger partial charge in [0.05, 0.1) is 29.8 Å². The number of benzene rings is 3. The van der Waals surface area contributed by atoms with Crippen LogP contribution in [-0.2, 0) is 29.2 Å². The minimum atomic E-state index is -4.35. The Morgan fingerprint density at radius 2 is 1.71 bits per heavy atom. The van der Waals surface area contributed by atoms with Crippen molar-refractivity contribution in [2.75, 3.05) is 33.1 Å². The molecule has 1 aliphatic carbocycles. The van der Waals surface area contributed by atoms with E-state index in [1.54, 1.807) is 51.1 Å². The first-order chi connectivity index (χ1) is 29.3. The van der Waals surface area contributed by atoms with Gasteiger partial charge in [0, 0.05) is 54.6 Å². The molecular weight excluding hydrogens is 840 g/mol. The molecule has 328 valence electrons. The number of methoxy groups -OCH3 is 1. The Morgan fingerprint density at radius 3 is 2.29 bits per heavy atom. The predicted molar refractivity (Wildman–Crippen MR) is 231 cm³/mol. The number of fused-ring (bicyclic) bond motifs is 1. The molecule has 1 aromatic heterocycles. The number of pyridine rings is 1. The van der Waals surface area contributed by atoms with Gasteiger partial charge in [-0.3, -0.25) is 24.1 Å². The van der Waals surface area contributed by atoms with Crippen LogP contribution in [0.1, 0.15) is 33.6 Å². The molecule has 0 spiro atoms. The Kier molecular flexibility index (Phi) is 13.2. The molecule has 1 aliphatic heterocycles. The Balaban J connectivity index is 1.40. The van der Waals surface area contributed by atoms with Crippen LogP contribution in [0, 0.1) is 5.92 Å². The normalized spacial score (nSPS) is 20.1. The molecule has 18 heteroatoms. The topological polar surface area (TPSA) is 205 Å². The molecule has 62 heavy (non-hydrogen) atoms. The fourth-order valence-corrected chi connectivity index (χ4v) is 9.00. The van der Waals surface area contributed by atoms with E-state index >= 15 is 4.79 Å². The molecule has 0 unspecified atom stereocenters. The van der Waals surface area contributed by atoms with Crippen molar-refractivity contribution in [2.24, 2.45) is 5.92 Å². The Morgan fingerprint density at radius 1 is 1.05 bits per heavy atom. The number of sulfonamides is 1. The van der Waals surface area contributed by atoms with Gasteiger partial charge < -0.3 is 29.7 Å². The number of halogens is 1. The van der Waals surface area contributed by atoms with E-state index in [2.05, 4.69) is 16.6 Å². The van der Waals surface area contributed by atoms with E-state index in [1.165, 1.54) is 49.4 Å². The van der Waals surface area contributed by atoms with Gasteiger partial charge >= 0.3 is 6.09 Å². The number of carbonyl (C=O) groups is 5. The number of hydrogen-bond acceptors (Lipinski definition) is 10. The van der Waals surface area contributed by atoms with Gasteiger partial charge in [0.25, 0.3) is 15.9 Å². The smallest absolute Gasteiger partial charge is 0.408 e. The van der Waals surface area contributed by atoms with Crippen molar-refractivity contribution in [1.82, 2.24) is 29.7 Å². The molecule has 2 fully saturated rings. The number of likely N-dealkylation sites (tertiary alicyclic amines) is 1. The summed E-state index contributed by atoms with van der Waals surface area (Å²) < 4.78 is 40.7. The van der Waals surface area contributed by atoms with E-state index < -0.39 is 87.4 Å². The van der Waals surface area contributed by atoms with Crippen LogP contribution in [0.15, 0.2) is 102 Å². The molecular formula is C44H49ClN6O10S. The first kappa shape index (κ1) is 45.3. The van der Waals surface area contributed by atoms with Crippen LogP contribution in [0.3, 0.4) is 0 Å². The number of aromatic nitrogens is 1. The summed E-state index contributed by atoms with van der Waals surface area (Å²) in [6.45, 7) is 7.90. The quantitative estimate of drug-likeness (QED) is 0.111. The van der Waals surface area contributed by atoms with Gasteiger partial charge in [-0.1, -0.05) is 54.6 Å². The van der Waals surface area contributed by atoms with E-state index in [0.717, 1.165) is 15.4 Å². The summed E-state index contributed by atoms with van der Waals surface area (Å²) in [4.78, 5) is 77.2. The standard InChI is InChI=1S/C44H49ClN6O10S/c1-7-28-23-44(28,41(55)48-62(58,59)31-16-12-9-13-17-31)47-39(53)35-21-30(25-50(35)40(54)36(26-49(5)38(52)24-45)51(42(56)57)43(2,3)4)61-37-22-33(27-14-10-8-11-15-27)46-34-20-29(60-6)18-19-32(34)37/h7-20,22,28,30,35-36H,1,21,23-26H2,2-6H3,(H,47,53)(H,48,55)(H,56,57)/t28-,30-,35+,36+,44-/m1/s1. The molecule has 1 saturated carbocycles. The molecule has 4 aromatic rings. The number of rotatable bonds is 15. The minimum Gasteiger partial charge on any atom is -0.497 e. The summed E-state index contributed by atoms with van der Waals surface area (Å²) in [6, 6.07) is 20.7. The van der Waals surface area contributed by atoms with Crippen molar-refractivity contribution in [1.29, 1.82) is 0 Å². The maximum absolute atomic E-state index is 15.0. The van der Waals surface area contributed by atoms with E-state index in [-0.39, 0.29) is 24.3 Å². The lowest BCUT2D eigenvalue weighted by atomic mass is 10.0.